The Kier molecular flexibility index (Phi) is 5.16. The summed E-state index contributed by atoms with van der Waals surface area (Å²) in [4.78, 5) is 17.0. The second-order valence-corrected chi connectivity index (χ2v) is 8.41. The fourth-order valence-corrected chi connectivity index (χ4v) is 4.52. The number of alkyl halides is 3. The summed E-state index contributed by atoms with van der Waals surface area (Å²) < 4.78 is 46.5. The number of Topliss-reactive ketones (excluding diaryl/α,β-unsaturated/α-hetero) is 1. The Labute approximate surface area is 192 Å². The second kappa shape index (κ2) is 7.91. The van der Waals surface area contributed by atoms with Gasteiger partial charge in [0.15, 0.2) is 5.78 Å². The largest absolute Gasteiger partial charge is 0.497 e. The number of hydrogen-bond donors (Lipinski definition) is 1. The van der Waals surface area contributed by atoms with E-state index in [-0.39, 0.29) is 24.1 Å². The van der Waals surface area contributed by atoms with Crippen molar-refractivity contribution >= 4 is 23.3 Å². The third kappa shape index (κ3) is 3.86. The maximum absolute atomic E-state index is 13.4. The van der Waals surface area contributed by atoms with Gasteiger partial charge in [-0.05, 0) is 47.7 Å². The number of hydrogen-bond acceptors (Lipinski definition) is 5. The third-order valence-corrected chi connectivity index (χ3v) is 6.20. The lowest BCUT2D eigenvalue weighted by Crippen LogP contribution is -2.33. The zero-order valence-electron chi connectivity index (χ0n) is 17.4. The van der Waals surface area contributed by atoms with Crippen LogP contribution in [0.2, 0.25) is 5.02 Å². The van der Waals surface area contributed by atoms with Gasteiger partial charge < -0.3 is 10.1 Å². The van der Waals surface area contributed by atoms with E-state index in [1.165, 1.54) is 0 Å². The van der Waals surface area contributed by atoms with E-state index in [1.807, 2.05) is 24.3 Å². The van der Waals surface area contributed by atoms with Crippen LogP contribution in [-0.2, 0) is 11.0 Å². The van der Waals surface area contributed by atoms with Crippen molar-refractivity contribution in [1.82, 2.24) is 14.8 Å². The van der Waals surface area contributed by atoms with Crippen LogP contribution in [0.25, 0.3) is 0 Å². The number of aromatic nitrogens is 3. The topological polar surface area (TPSA) is 69.0 Å². The summed E-state index contributed by atoms with van der Waals surface area (Å²) in [5, 5.41) is 7.14. The van der Waals surface area contributed by atoms with Crippen LogP contribution in [0, 0.1) is 0 Å². The molecule has 2 atom stereocenters. The Balaban J connectivity index is 1.59. The smallest absolute Gasteiger partial charge is 0.453 e. The van der Waals surface area contributed by atoms with Crippen molar-refractivity contribution in [3.8, 4) is 5.75 Å². The number of carbonyl (C=O) groups excluding carboxylic acids is 1. The summed E-state index contributed by atoms with van der Waals surface area (Å²) in [5.74, 6) is -0.893. The maximum Gasteiger partial charge on any atom is 0.453 e. The molecule has 0 saturated heterocycles. The lowest BCUT2D eigenvalue weighted by atomic mass is 9.78. The Hall–Kier alpha value is -3.33. The molecule has 0 unspecified atom stereocenters. The first-order valence-electron chi connectivity index (χ1n) is 10.2. The molecule has 3 aromatic rings. The van der Waals surface area contributed by atoms with E-state index in [2.05, 4.69) is 15.4 Å². The SMILES string of the molecule is COc1ccc([C@H]2CC(=O)C3=C(C2)Nc2nc(C(F)(F)F)nn2[C@@H]3c2ccc(Cl)cc2)cc1. The van der Waals surface area contributed by atoms with Crippen LogP contribution in [0.4, 0.5) is 19.1 Å². The predicted molar refractivity (Wildman–Crippen MR) is 115 cm³/mol. The summed E-state index contributed by atoms with van der Waals surface area (Å²) in [6.07, 6.45) is -4.04. The molecule has 0 radical (unpaired) electrons. The zero-order chi connectivity index (χ0) is 23.3. The van der Waals surface area contributed by atoms with Crippen LogP contribution < -0.4 is 10.1 Å². The summed E-state index contributed by atoms with van der Waals surface area (Å²) in [5.41, 5.74) is 2.50. The predicted octanol–water partition coefficient (Wildman–Crippen LogP) is 5.37. The molecule has 2 heterocycles. The van der Waals surface area contributed by atoms with E-state index in [4.69, 9.17) is 16.3 Å². The quantitative estimate of drug-likeness (QED) is 0.552. The molecule has 2 aromatic carbocycles. The van der Waals surface area contributed by atoms with Crippen molar-refractivity contribution in [2.75, 3.05) is 12.4 Å². The van der Waals surface area contributed by atoms with Crippen LogP contribution in [-0.4, -0.2) is 27.7 Å². The minimum atomic E-state index is -4.72. The minimum absolute atomic E-state index is 0.0517. The fourth-order valence-electron chi connectivity index (χ4n) is 4.40. The summed E-state index contributed by atoms with van der Waals surface area (Å²) in [6, 6.07) is 13.2. The van der Waals surface area contributed by atoms with Crippen LogP contribution >= 0.6 is 11.6 Å². The van der Waals surface area contributed by atoms with Crippen molar-refractivity contribution in [1.29, 1.82) is 0 Å². The molecule has 33 heavy (non-hydrogen) atoms. The third-order valence-electron chi connectivity index (χ3n) is 5.95. The molecule has 0 saturated carbocycles. The lowest BCUT2D eigenvalue weighted by Gasteiger charge is -2.35. The van der Waals surface area contributed by atoms with Gasteiger partial charge in [-0.3, -0.25) is 4.79 Å². The van der Waals surface area contributed by atoms with Gasteiger partial charge in [-0.1, -0.05) is 35.9 Å². The van der Waals surface area contributed by atoms with E-state index >= 15 is 0 Å². The molecule has 0 spiro atoms. The maximum atomic E-state index is 13.4. The van der Waals surface area contributed by atoms with Gasteiger partial charge in [-0.15, -0.1) is 5.10 Å². The van der Waals surface area contributed by atoms with Gasteiger partial charge >= 0.3 is 6.18 Å². The first kappa shape index (κ1) is 21.5. The van der Waals surface area contributed by atoms with Crippen molar-refractivity contribution in [3.05, 3.63) is 81.8 Å². The van der Waals surface area contributed by atoms with Crippen LogP contribution in [0.3, 0.4) is 0 Å². The molecule has 0 amide bonds. The summed E-state index contributed by atoms with van der Waals surface area (Å²) >= 11 is 6.01. The summed E-state index contributed by atoms with van der Waals surface area (Å²) in [6.45, 7) is 0. The number of rotatable bonds is 3. The number of fused-ring (bicyclic) bond motifs is 1. The molecule has 170 valence electrons. The van der Waals surface area contributed by atoms with Crippen molar-refractivity contribution in [2.24, 2.45) is 0 Å². The molecule has 0 fully saturated rings. The first-order valence-corrected chi connectivity index (χ1v) is 10.6. The van der Waals surface area contributed by atoms with Crippen molar-refractivity contribution in [2.45, 2.75) is 31.0 Å². The van der Waals surface area contributed by atoms with E-state index in [9.17, 15) is 18.0 Å². The standard InChI is InChI=1S/C23H18ClF3N4O2/c1-33-16-8-4-12(5-9-16)14-10-17-19(18(32)11-14)20(13-2-6-15(24)7-3-13)31-22(28-17)29-21(30-31)23(25,26)27/h2-9,14,20H,10-11H2,1H3,(H,28,29,30)/t14-,20-/m1/s1. The lowest BCUT2D eigenvalue weighted by molar-refractivity contribution is -0.145. The van der Waals surface area contributed by atoms with Gasteiger partial charge in [0.1, 0.15) is 11.8 Å². The number of halogens is 4. The number of ether oxygens (including phenoxy) is 1. The highest BCUT2D eigenvalue weighted by Gasteiger charge is 2.43. The monoisotopic (exact) mass is 474 g/mol. The Bertz CT molecular complexity index is 1250. The molecule has 0 bridgehead atoms. The van der Waals surface area contributed by atoms with E-state index < -0.39 is 18.0 Å². The van der Waals surface area contributed by atoms with Gasteiger partial charge in [0.2, 0.25) is 5.95 Å². The number of anilines is 1. The molecular weight excluding hydrogens is 457 g/mol. The number of nitrogens with one attached hydrogen (secondary N) is 1. The number of methoxy groups -OCH3 is 1. The summed E-state index contributed by atoms with van der Waals surface area (Å²) in [7, 11) is 1.57. The van der Waals surface area contributed by atoms with Crippen LogP contribution in [0.1, 0.15) is 41.8 Å². The first-order chi connectivity index (χ1) is 15.7. The zero-order valence-corrected chi connectivity index (χ0v) is 18.1. The van der Waals surface area contributed by atoms with Crippen LogP contribution in [0.5, 0.6) is 5.75 Å². The van der Waals surface area contributed by atoms with Gasteiger partial charge in [0.05, 0.1) is 7.11 Å². The van der Waals surface area contributed by atoms with Gasteiger partial charge in [0.25, 0.3) is 5.82 Å². The van der Waals surface area contributed by atoms with Gasteiger partial charge in [0, 0.05) is 22.7 Å². The molecule has 1 aliphatic carbocycles. The number of ketones is 1. The Morgan fingerprint density at radius 1 is 1.06 bits per heavy atom. The van der Waals surface area contributed by atoms with Crippen molar-refractivity contribution < 1.29 is 22.7 Å². The highest BCUT2D eigenvalue weighted by atomic mass is 35.5. The highest BCUT2D eigenvalue weighted by Crippen LogP contribution is 2.45. The average molecular weight is 475 g/mol. The molecule has 1 aliphatic heterocycles. The molecular formula is C23H18ClF3N4O2. The minimum Gasteiger partial charge on any atom is -0.497 e. The molecule has 6 nitrogen and oxygen atoms in total. The van der Waals surface area contributed by atoms with Gasteiger partial charge in [-0.2, -0.15) is 18.2 Å². The van der Waals surface area contributed by atoms with E-state index in [0.717, 1.165) is 10.2 Å². The number of carbonyl (C=O) groups is 1. The molecule has 1 N–H and O–H groups in total. The molecule has 2 aliphatic rings. The number of allylic oxidation sites excluding steroid dienone is 2. The van der Waals surface area contributed by atoms with Crippen LogP contribution in [0.15, 0.2) is 59.8 Å². The molecule has 1 aromatic heterocycles. The second-order valence-electron chi connectivity index (χ2n) is 7.97. The van der Waals surface area contributed by atoms with Gasteiger partial charge in [-0.25, -0.2) is 4.68 Å². The van der Waals surface area contributed by atoms with E-state index in [0.29, 0.717) is 34.0 Å². The molecule has 5 rings (SSSR count). The number of benzene rings is 2. The van der Waals surface area contributed by atoms with Crippen molar-refractivity contribution in [3.63, 3.8) is 0 Å². The Morgan fingerprint density at radius 2 is 1.73 bits per heavy atom. The highest BCUT2D eigenvalue weighted by molar-refractivity contribution is 6.30. The number of nitrogens with zero attached hydrogens (tertiary/aromatic N) is 3. The molecule has 10 heteroatoms. The average Bonchev–Trinajstić information content (AvgIpc) is 3.23. The Morgan fingerprint density at radius 3 is 2.36 bits per heavy atom. The van der Waals surface area contributed by atoms with E-state index in [1.54, 1.807) is 31.4 Å². The normalized spacial score (nSPS) is 20.2. The fraction of sp³-hybridized carbons (Fsp3) is 0.261.